The van der Waals surface area contributed by atoms with Crippen LogP contribution >= 0.6 is 15.9 Å². The minimum Gasteiger partial charge on any atom is -0.480 e. The molecule has 0 bridgehead atoms. The SMILES string of the molecule is C[C@H](c1cccc2ccccc12)[C@H](NS(=O)(=O)c1ccc(Br)cc1)C(=O)O. The summed E-state index contributed by atoms with van der Waals surface area (Å²) in [6, 6.07) is 18.0. The number of carboxylic acid groups (broad SMARTS) is 1. The van der Waals surface area contributed by atoms with E-state index in [2.05, 4.69) is 20.7 Å². The standard InChI is InChI=1S/C20H18BrNO4S/c1-13(17-8-4-6-14-5-2-3-7-18(14)17)19(20(23)24)22-27(25,26)16-11-9-15(21)10-12-16/h2-13,19,22H,1H3,(H,23,24)/t13-,19+/m1/s1. The van der Waals surface area contributed by atoms with E-state index in [9.17, 15) is 18.3 Å². The van der Waals surface area contributed by atoms with E-state index >= 15 is 0 Å². The first-order valence-corrected chi connectivity index (χ1v) is 10.6. The number of aliphatic carboxylic acids is 1. The van der Waals surface area contributed by atoms with Crippen molar-refractivity contribution in [3.05, 3.63) is 76.8 Å². The van der Waals surface area contributed by atoms with Gasteiger partial charge in [0.2, 0.25) is 10.0 Å². The van der Waals surface area contributed by atoms with Crippen molar-refractivity contribution in [2.75, 3.05) is 0 Å². The Morgan fingerprint density at radius 2 is 1.63 bits per heavy atom. The van der Waals surface area contributed by atoms with Crippen molar-refractivity contribution in [3.63, 3.8) is 0 Å². The van der Waals surface area contributed by atoms with Gasteiger partial charge in [0, 0.05) is 10.4 Å². The third kappa shape index (κ3) is 4.21. The summed E-state index contributed by atoms with van der Waals surface area (Å²) in [4.78, 5) is 11.9. The van der Waals surface area contributed by atoms with Crippen LogP contribution in [-0.2, 0) is 14.8 Å². The average molecular weight is 448 g/mol. The molecule has 2 N–H and O–H groups in total. The lowest BCUT2D eigenvalue weighted by Gasteiger charge is -2.23. The highest BCUT2D eigenvalue weighted by Crippen LogP contribution is 2.28. The van der Waals surface area contributed by atoms with Gasteiger partial charge in [0.05, 0.1) is 4.90 Å². The van der Waals surface area contributed by atoms with Gasteiger partial charge in [0.15, 0.2) is 0 Å². The number of carboxylic acids is 1. The molecular formula is C20H18BrNO4S. The molecule has 2 atom stereocenters. The third-order valence-corrected chi connectivity index (χ3v) is 6.47. The molecule has 0 aliphatic carbocycles. The molecular weight excluding hydrogens is 430 g/mol. The number of nitrogens with one attached hydrogen (secondary N) is 1. The Morgan fingerprint density at radius 1 is 1.00 bits per heavy atom. The van der Waals surface area contributed by atoms with Crippen molar-refractivity contribution in [2.45, 2.75) is 23.8 Å². The first-order chi connectivity index (χ1) is 12.8. The van der Waals surface area contributed by atoms with Crippen LogP contribution in [0, 0.1) is 0 Å². The summed E-state index contributed by atoms with van der Waals surface area (Å²) in [7, 11) is -3.98. The zero-order valence-corrected chi connectivity index (χ0v) is 16.9. The zero-order chi connectivity index (χ0) is 19.6. The smallest absolute Gasteiger partial charge is 0.322 e. The number of sulfonamides is 1. The van der Waals surface area contributed by atoms with E-state index in [1.807, 2.05) is 42.5 Å². The van der Waals surface area contributed by atoms with Crippen molar-refractivity contribution in [1.82, 2.24) is 4.72 Å². The number of hydrogen-bond acceptors (Lipinski definition) is 3. The summed E-state index contributed by atoms with van der Waals surface area (Å²) < 4.78 is 28.4. The molecule has 0 spiro atoms. The molecule has 7 heteroatoms. The lowest BCUT2D eigenvalue weighted by Crippen LogP contribution is -2.44. The Labute approximate surface area is 166 Å². The van der Waals surface area contributed by atoms with Gasteiger partial charge in [-0.15, -0.1) is 0 Å². The van der Waals surface area contributed by atoms with E-state index in [0.717, 1.165) is 20.8 Å². The predicted molar refractivity (Wildman–Crippen MR) is 108 cm³/mol. The summed E-state index contributed by atoms with van der Waals surface area (Å²) >= 11 is 3.25. The van der Waals surface area contributed by atoms with E-state index < -0.39 is 28.0 Å². The lowest BCUT2D eigenvalue weighted by molar-refractivity contribution is -0.139. The molecule has 3 rings (SSSR count). The van der Waals surface area contributed by atoms with Gasteiger partial charge in [0.25, 0.3) is 0 Å². The topological polar surface area (TPSA) is 83.5 Å². The maximum absolute atomic E-state index is 12.7. The number of hydrogen-bond donors (Lipinski definition) is 2. The molecule has 0 radical (unpaired) electrons. The van der Waals surface area contributed by atoms with Crippen LogP contribution in [0.25, 0.3) is 10.8 Å². The number of rotatable bonds is 6. The number of benzene rings is 3. The molecule has 0 aromatic heterocycles. The fourth-order valence-electron chi connectivity index (χ4n) is 3.04. The van der Waals surface area contributed by atoms with Crippen LogP contribution in [0.1, 0.15) is 18.4 Å². The Hall–Kier alpha value is -2.22. The van der Waals surface area contributed by atoms with Crippen LogP contribution < -0.4 is 4.72 Å². The molecule has 27 heavy (non-hydrogen) atoms. The fourth-order valence-corrected chi connectivity index (χ4v) is 4.58. The molecule has 0 saturated carbocycles. The maximum Gasteiger partial charge on any atom is 0.322 e. The minimum absolute atomic E-state index is 0.0158. The van der Waals surface area contributed by atoms with Gasteiger partial charge in [-0.05, 0) is 40.6 Å². The summed E-state index contributed by atoms with van der Waals surface area (Å²) in [5.74, 6) is -1.80. The van der Waals surface area contributed by atoms with Crippen molar-refractivity contribution < 1.29 is 18.3 Å². The van der Waals surface area contributed by atoms with Gasteiger partial charge in [-0.25, -0.2) is 8.42 Å². The molecule has 0 unspecified atom stereocenters. The first-order valence-electron chi connectivity index (χ1n) is 8.28. The van der Waals surface area contributed by atoms with Crippen LogP contribution in [0.4, 0.5) is 0 Å². The van der Waals surface area contributed by atoms with Crippen LogP contribution in [0.15, 0.2) is 76.1 Å². The van der Waals surface area contributed by atoms with Gasteiger partial charge in [-0.2, -0.15) is 4.72 Å². The van der Waals surface area contributed by atoms with Gasteiger partial charge in [-0.3, -0.25) is 4.79 Å². The highest BCUT2D eigenvalue weighted by Gasteiger charge is 2.31. The molecule has 0 aliphatic rings. The molecule has 0 saturated heterocycles. The maximum atomic E-state index is 12.7. The van der Waals surface area contributed by atoms with E-state index in [0.29, 0.717) is 0 Å². The van der Waals surface area contributed by atoms with Crippen LogP contribution in [0.3, 0.4) is 0 Å². The van der Waals surface area contributed by atoms with Gasteiger partial charge >= 0.3 is 5.97 Å². The van der Waals surface area contributed by atoms with E-state index in [1.165, 1.54) is 12.1 Å². The molecule has 140 valence electrons. The van der Waals surface area contributed by atoms with Crippen molar-refractivity contribution in [3.8, 4) is 0 Å². The van der Waals surface area contributed by atoms with Crippen molar-refractivity contribution in [2.24, 2.45) is 0 Å². The van der Waals surface area contributed by atoms with Gasteiger partial charge in [0.1, 0.15) is 6.04 Å². The van der Waals surface area contributed by atoms with E-state index in [-0.39, 0.29) is 4.90 Å². The van der Waals surface area contributed by atoms with Crippen molar-refractivity contribution in [1.29, 1.82) is 0 Å². The normalized spacial score (nSPS) is 14.0. The molecule has 0 fully saturated rings. The van der Waals surface area contributed by atoms with Crippen LogP contribution in [-0.4, -0.2) is 25.5 Å². The van der Waals surface area contributed by atoms with Crippen LogP contribution in [0.2, 0.25) is 0 Å². The molecule has 3 aromatic rings. The molecule has 0 amide bonds. The highest BCUT2D eigenvalue weighted by atomic mass is 79.9. The second-order valence-electron chi connectivity index (χ2n) is 6.25. The average Bonchev–Trinajstić information content (AvgIpc) is 2.65. The summed E-state index contributed by atoms with van der Waals surface area (Å²) in [6.07, 6.45) is 0. The van der Waals surface area contributed by atoms with E-state index in [4.69, 9.17) is 0 Å². The molecule has 0 heterocycles. The predicted octanol–water partition coefficient (Wildman–Crippen LogP) is 4.14. The zero-order valence-electron chi connectivity index (χ0n) is 14.5. The molecule has 0 aliphatic heterocycles. The largest absolute Gasteiger partial charge is 0.480 e. The Morgan fingerprint density at radius 3 is 2.30 bits per heavy atom. The Bertz CT molecular complexity index is 1080. The summed E-state index contributed by atoms with van der Waals surface area (Å²) in [6.45, 7) is 1.71. The third-order valence-electron chi connectivity index (χ3n) is 4.49. The van der Waals surface area contributed by atoms with Crippen molar-refractivity contribution >= 4 is 42.7 Å². The quantitative estimate of drug-likeness (QED) is 0.594. The highest BCUT2D eigenvalue weighted by molar-refractivity contribution is 9.10. The lowest BCUT2D eigenvalue weighted by atomic mass is 9.90. The number of carbonyl (C=O) groups is 1. The molecule has 3 aromatic carbocycles. The number of fused-ring (bicyclic) bond motifs is 1. The van der Waals surface area contributed by atoms with E-state index in [1.54, 1.807) is 19.1 Å². The Balaban J connectivity index is 1.98. The van der Waals surface area contributed by atoms with Gasteiger partial charge < -0.3 is 5.11 Å². The second kappa shape index (κ2) is 7.80. The first kappa shape index (κ1) is 19.5. The van der Waals surface area contributed by atoms with Crippen LogP contribution in [0.5, 0.6) is 0 Å². The summed E-state index contributed by atoms with van der Waals surface area (Å²) in [5.41, 5.74) is 0.777. The molecule has 5 nitrogen and oxygen atoms in total. The minimum atomic E-state index is -3.98. The Kier molecular flexibility index (Phi) is 5.64. The summed E-state index contributed by atoms with van der Waals surface area (Å²) in [5, 5.41) is 11.6. The second-order valence-corrected chi connectivity index (χ2v) is 8.88. The number of halogens is 1. The monoisotopic (exact) mass is 447 g/mol. The van der Waals surface area contributed by atoms with Gasteiger partial charge in [-0.1, -0.05) is 65.3 Å². The fraction of sp³-hybridized carbons (Fsp3) is 0.150.